The SMILES string of the molecule is COc1cc(OC)cc(C(=O)N2CCSC23CCN(C(=O)c2ccc(Cl)c([N+](=O)[O-])c2)CC3)c1. The Bertz CT molecular complexity index is 1110. The molecule has 0 radical (unpaired) electrons. The van der Waals surface area contributed by atoms with E-state index in [-0.39, 0.29) is 28.1 Å². The van der Waals surface area contributed by atoms with Gasteiger partial charge in [0.25, 0.3) is 17.5 Å². The fraction of sp³-hybridized carbons (Fsp3) is 0.391. The van der Waals surface area contributed by atoms with Crippen molar-refractivity contribution in [3.63, 3.8) is 0 Å². The second-order valence-corrected chi connectivity index (χ2v) is 9.93. The Balaban J connectivity index is 1.50. The number of thioether (sulfide) groups is 1. The van der Waals surface area contributed by atoms with Crippen LogP contribution in [0.15, 0.2) is 36.4 Å². The minimum absolute atomic E-state index is 0.00942. The summed E-state index contributed by atoms with van der Waals surface area (Å²) in [5.74, 6) is 1.51. The topological polar surface area (TPSA) is 102 Å². The molecule has 0 saturated carbocycles. The summed E-state index contributed by atoms with van der Waals surface area (Å²) in [6.07, 6.45) is 1.21. The molecule has 1 spiro atoms. The van der Waals surface area contributed by atoms with Crippen molar-refractivity contribution >= 4 is 40.9 Å². The largest absolute Gasteiger partial charge is 0.497 e. The van der Waals surface area contributed by atoms with E-state index in [1.165, 1.54) is 32.4 Å². The number of hydrogen-bond acceptors (Lipinski definition) is 7. The number of rotatable bonds is 5. The fourth-order valence-corrected chi connectivity index (χ4v) is 6.07. The average Bonchev–Trinajstić information content (AvgIpc) is 3.25. The summed E-state index contributed by atoms with van der Waals surface area (Å²) >= 11 is 7.61. The smallest absolute Gasteiger partial charge is 0.288 e. The number of carbonyl (C=O) groups is 2. The number of nitrogens with zero attached hydrogens (tertiary/aromatic N) is 3. The van der Waals surface area contributed by atoms with Crippen molar-refractivity contribution in [2.75, 3.05) is 39.6 Å². The molecule has 2 fully saturated rings. The Labute approximate surface area is 206 Å². The lowest BCUT2D eigenvalue weighted by Gasteiger charge is -2.44. The van der Waals surface area contributed by atoms with Gasteiger partial charge in [-0.3, -0.25) is 19.7 Å². The van der Waals surface area contributed by atoms with Gasteiger partial charge >= 0.3 is 0 Å². The number of nitro groups is 1. The first-order valence-electron chi connectivity index (χ1n) is 10.7. The first kappa shape index (κ1) is 24.2. The lowest BCUT2D eigenvalue weighted by atomic mass is 10.00. The maximum atomic E-state index is 13.5. The molecule has 2 saturated heterocycles. The summed E-state index contributed by atoms with van der Waals surface area (Å²) in [4.78, 5) is 40.2. The van der Waals surface area contributed by atoms with Crippen LogP contribution in [0.1, 0.15) is 33.6 Å². The quantitative estimate of drug-likeness (QED) is 0.445. The van der Waals surface area contributed by atoms with Crippen molar-refractivity contribution in [3.05, 3.63) is 62.7 Å². The molecule has 0 bridgehead atoms. The van der Waals surface area contributed by atoms with Gasteiger partial charge in [0.15, 0.2) is 0 Å². The molecule has 0 N–H and O–H groups in total. The van der Waals surface area contributed by atoms with Gasteiger partial charge in [-0.25, -0.2) is 0 Å². The molecule has 2 aliphatic rings. The van der Waals surface area contributed by atoms with E-state index in [1.54, 1.807) is 34.9 Å². The molecule has 2 aliphatic heterocycles. The van der Waals surface area contributed by atoms with Gasteiger partial charge in [-0.2, -0.15) is 0 Å². The highest BCUT2D eigenvalue weighted by molar-refractivity contribution is 8.00. The number of piperidine rings is 1. The minimum atomic E-state index is -0.601. The Morgan fingerprint density at radius 2 is 1.65 bits per heavy atom. The van der Waals surface area contributed by atoms with Gasteiger partial charge in [0, 0.05) is 48.6 Å². The molecule has 34 heavy (non-hydrogen) atoms. The number of amides is 2. The molecule has 0 aliphatic carbocycles. The maximum Gasteiger partial charge on any atom is 0.288 e. The van der Waals surface area contributed by atoms with Gasteiger partial charge in [-0.1, -0.05) is 11.6 Å². The second kappa shape index (κ2) is 9.71. The number of nitro benzene ring substituents is 1. The molecule has 0 atom stereocenters. The number of ether oxygens (including phenoxy) is 2. The predicted octanol–water partition coefficient (Wildman–Crippen LogP) is 4.09. The molecule has 9 nitrogen and oxygen atoms in total. The van der Waals surface area contributed by atoms with E-state index in [1.807, 2.05) is 4.90 Å². The Morgan fingerprint density at radius 3 is 2.24 bits per heavy atom. The Kier molecular flexibility index (Phi) is 6.90. The molecule has 180 valence electrons. The summed E-state index contributed by atoms with van der Waals surface area (Å²) in [7, 11) is 3.08. The van der Waals surface area contributed by atoms with Crippen LogP contribution in [0.4, 0.5) is 5.69 Å². The van der Waals surface area contributed by atoms with Crippen LogP contribution in [0.5, 0.6) is 11.5 Å². The molecule has 4 rings (SSSR count). The molecular formula is C23H24ClN3O6S. The first-order valence-corrected chi connectivity index (χ1v) is 12.1. The highest BCUT2D eigenvalue weighted by atomic mass is 35.5. The van der Waals surface area contributed by atoms with Crippen molar-refractivity contribution < 1.29 is 24.0 Å². The minimum Gasteiger partial charge on any atom is -0.497 e. The van der Waals surface area contributed by atoms with Gasteiger partial charge < -0.3 is 19.3 Å². The van der Waals surface area contributed by atoms with E-state index in [2.05, 4.69) is 0 Å². The highest BCUT2D eigenvalue weighted by Gasteiger charge is 2.47. The monoisotopic (exact) mass is 505 g/mol. The van der Waals surface area contributed by atoms with E-state index < -0.39 is 9.79 Å². The van der Waals surface area contributed by atoms with E-state index in [0.717, 1.165) is 5.75 Å². The highest BCUT2D eigenvalue weighted by Crippen LogP contribution is 2.45. The zero-order valence-corrected chi connectivity index (χ0v) is 20.4. The lowest BCUT2D eigenvalue weighted by Crippen LogP contribution is -2.53. The number of hydrogen-bond donors (Lipinski definition) is 0. The Morgan fingerprint density at radius 1 is 1.00 bits per heavy atom. The van der Waals surface area contributed by atoms with Crippen LogP contribution in [-0.4, -0.2) is 71.0 Å². The van der Waals surface area contributed by atoms with Gasteiger partial charge in [-0.05, 0) is 37.1 Å². The average molecular weight is 506 g/mol. The summed E-state index contributed by atoms with van der Waals surface area (Å²) in [6.45, 7) is 1.49. The zero-order chi connectivity index (χ0) is 24.5. The maximum absolute atomic E-state index is 13.5. The van der Waals surface area contributed by atoms with E-state index in [0.29, 0.717) is 49.5 Å². The Hall–Kier alpha value is -2.98. The molecule has 2 heterocycles. The normalized spacial score (nSPS) is 17.0. The molecular weight excluding hydrogens is 482 g/mol. The lowest BCUT2D eigenvalue weighted by molar-refractivity contribution is -0.384. The first-order chi connectivity index (χ1) is 16.3. The van der Waals surface area contributed by atoms with Crippen LogP contribution >= 0.6 is 23.4 Å². The van der Waals surface area contributed by atoms with E-state index in [9.17, 15) is 19.7 Å². The van der Waals surface area contributed by atoms with Crippen molar-refractivity contribution in [2.45, 2.75) is 17.7 Å². The standard InChI is InChI=1S/C23H24ClN3O6S/c1-32-17-11-16(12-18(14-17)33-2)22(29)26-9-10-34-23(26)5-7-25(8-6-23)21(28)15-3-4-19(24)20(13-15)27(30)31/h3-4,11-14H,5-10H2,1-2H3. The number of halogens is 1. The van der Waals surface area contributed by atoms with Crippen molar-refractivity contribution in [1.82, 2.24) is 9.80 Å². The third kappa shape index (κ3) is 4.52. The molecule has 11 heteroatoms. The predicted molar refractivity (Wildman–Crippen MR) is 129 cm³/mol. The van der Waals surface area contributed by atoms with E-state index in [4.69, 9.17) is 21.1 Å². The number of methoxy groups -OCH3 is 2. The summed E-state index contributed by atoms with van der Waals surface area (Å²) < 4.78 is 10.6. The fourth-order valence-electron chi connectivity index (χ4n) is 4.42. The number of likely N-dealkylation sites (tertiary alicyclic amines) is 1. The molecule has 2 aromatic rings. The summed E-state index contributed by atoms with van der Waals surface area (Å²) in [5, 5.41) is 11.2. The summed E-state index contributed by atoms with van der Waals surface area (Å²) in [5.41, 5.74) is 0.422. The van der Waals surface area contributed by atoms with Crippen LogP contribution in [0.25, 0.3) is 0 Å². The third-order valence-corrected chi connectivity index (χ3v) is 8.12. The number of benzene rings is 2. The molecule has 0 unspecified atom stereocenters. The van der Waals surface area contributed by atoms with Crippen LogP contribution in [-0.2, 0) is 0 Å². The second-order valence-electron chi connectivity index (χ2n) is 8.07. The van der Waals surface area contributed by atoms with Crippen LogP contribution < -0.4 is 9.47 Å². The van der Waals surface area contributed by atoms with Crippen molar-refractivity contribution in [2.24, 2.45) is 0 Å². The van der Waals surface area contributed by atoms with Gasteiger partial charge in [0.1, 0.15) is 16.5 Å². The van der Waals surface area contributed by atoms with Crippen molar-refractivity contribution in [3.8, 4) is 11.5 Å². The zero-order valence-electron chi connectivity index (χ0n) is 18.8. The van der Waals surface area contributed by atoms with Gasteiger partial charge in [0.05, 0.1) is 24.0 Å². The molecule has 2 aromatic carbocycles. The van der Waals surface area contributed by atoms with Gasteiger partial charge in [-0.15, -0.1) is 11.8 Å². The van der Waals surface area contributed by atoms with Crippen LogP contribution in [0.2, 0.25) is 5.02 Å². The summed E-state index contributed by atoms with van der Waals surface area (Å²) in [6, 6.07) is 9.20. The van der Waals surface area contributed by atoms with Crippen molar-refractivity contribution in [1.29, 1.82) is 0 Å². The van der Waals surface area contributed by atoms with Gasteiger partial charge in [0.2, 0.25) is 0 Å². The molecule has 2 amide bonds. The number of carbonyl (C=O) groups excluding carboxylic acids is 2. The third-order valence-electron chi connectivity index (χ3n) is 6.24. The molecule has 0 aromatic heterocycles. The van der Waals surface area contributed by atoms with Crippen LogP contribution in [0.3, 0.4) is 0 Å². The van der Waals surface area contributed by atoms with Crippen LogP contribution in [0, 0.1) is 10.1 Å². The van der Waals surface area contributed by atoms with E-state index >= 15 is 0 Å².